The summed E-state index contributed by atoms with van der Waals surface area (Å²) >= 11 is 1.29. The first-order chi connectivity index (χ1) is 10.5. The lowest BCUT2D eigenvalue weighted by Gasteiger charge is -1.99. The fraction of sp³-hybridized carbons (Fsp3) is 0.0714. The fourth-order valence-corrected chi connectivity index (χ4v) is 2.65. The molecule has 0 radical (unpaired) electrons. The molecule has 3 aromatic heterocycles. The third-order valence-corrected chi connectivity index (χ3v) is 3.83. The molecule has 0 aliphatic rings. The average molecular weight is 316 g/mol. The van der Waals surface area contributed by atoms with Crippen molar-refractivity contribution in [2.24, 2.45) is 5.73 Å². The number of furan rings is 1. The van der Waals surface area contributed by atoms with E-state index in [0.717, 1.165) is 5.56 Å². The van der Waals surface area contributed by atoms with Gasteiger partial charge >= 0.3 is 0 Å². The van der Waals surface area contributed by atoms with E-state index in [2.05, 4.69) is 15.3 Å². The zero-order valence-electron chi connectivity index (χ0n) is 11.5. The van der Waals surface area contributed by atoms with E-state index in [1.807, 2.05) is 0 Å². The number of thiazole rings is 1. The Morgan fingerprint density at radius 3 is 2.91 bits per heavy atom. The van der Waals surface area contributed by atoms with Gasteiger partial charge in [0.25, 0.3) is 11.8 Å². The highest BCUT2D eigenvalue weighted by Crippen LogP contribution is 2.26. The van der Waals surface area contributed by atoms with Crippen molar-refractivity contribution in [2.75, 3.05) is 5.32 Å². The number of anilines is 1. The van der Waals surface area contributed by atoms with Crippen LogP contribution in [0.4, 0.5) is 5.13 Å². The summed E-state index contributed by atoms with van der Waals surface area (Å²) in [6.07, 6.45) is 3.10. The normalized spacial score (nSPS) is 10.6. The molecular formula is C14H12N4O3S. The van der Waals surface area contributed by atoms with Crippen LogP contribution in [0.25, 0.3) is 11.3 Å². The maximum absolute atomic E-state index is 12.1. The Labute approximate surface area is 129 Å². The van der Waals surface area contributed by atoms with Crippen molar-refractivity contribution in [1.82, 2.24) is 9.97 Å². The highest BCUT2D eigenvalue weighted by Gasteiger charge is 2.14. The minimum atomic E-state index is -0.537. The number of carbonyl (C=O) groups is 2. The predicted octanol–water partition coefficient (Wildman–Crippen LogP) is 2.39. The molecule has 3 rings (SSSR count). The Balaban J connectivity index is 1.77. The fourth-order valence-electron chi connectivity index (χ4n) is 1.93. The number of aryl methyl sites for hydroxylation is 1. The van der Waals surface area contributed by atoms with Crippen LogP contribution in [0.3, 0.4) is 0 Å². The summed E-state index contributed by atoms with van der Waals surface area (Å²) in [5.74, 6) is -0.268. The lowest BCUT2D eigenvalue weighted by Crippen LogP contribution is -2.11. The molecule has 0 saturated carbocycles. The Morgan fingerprint density at radius 1 is 1.45 bits per heavy atom. The van der Waals surface area contributed by atoms with Gasteiger partial charge in [-0.25, -0.2) is 4.98 Å². The van der Waals surface area contributed by atoms with Crippen molar-refractivity contribution in [3.05, 3.63) is 47.0 Å². The van der Waals surface area contributed by atoms with Crippen LogP contribution in [0.15, 0.2) is 34.4 Å². The molecule has 3 aromatic rings. The van der Waals surface area contributed by atoms with Gasteiger partial charge in [0.1, 0.15) is 11.5 Å². The number of aromatic amines is 1. The lowest BCUT2D eigenvalue weighted by atomic mass is 10.2. The van der Waals surface area contributed by atoms with Crippen LogP contribution in [-0.2, 0) is 0 Å². The zero-order valence-corrected chi connectivity index (χ0v) is 12.4. The monoisotopic (exact) mass is 316 g/mol. The van der Waals surface area contributed by atoms with Gasteiger partial charge in [0.15, 0.2) is 5.13 Å². The maximum atomic E-state index is 12.1. The van der Waals surface area contributed by atoms with E-state index >= 15 is 0 Å². The van der Waals surface area contributed by atoms with Crippen molar-refractivity contribution >= 4 is 28.3 Å². The molecule has 0 aromatic carbocycles. The van der Waals surface area contributed by atoms with E-state index in [-0.39, 0.29) is 5.91 Å². The Morgan fingerprint density at radius 2 is 2.27 bits per heavy atom. The zero-order chi connectivity index (χ0) is 15.7. The molecule has 112 valence electrons. The summed E-state index contributed by atoms with van der Waals surface area (Å²) < 4.78 is 5.10. The van der Waals surface area contributed by atoms with Gasteiger partial charge in [0.2, 0.25) is 0 Å². The summed E-state index contributed by atoms with van der Waals surface area (Å²) in [5.41, 5.74) is 7.34. The molecule has 0 fully saturated rings. The summed E-state index contributed by atoms with van der Waals surface area (Å²) in [7, 11) is 0. The third kappa shape index (κ3) is 2.63. The highest BCUT2D eigenvalue weighted by atomic mass is 32.1. The van der Waals surface area contributed by atoms with E-state index in [0.29, 0.717) is 27.8 Å². The predicted molar refractivity (Wildman–Crippen MR) is 81.8 cm³/mol. The minimum Gasteiger partial charge on any atom is -0.469 e. The molecule has 8 heteroatoms. The van der Waals surface area contributed by atoms with E-state index in [1.54, 1.807) is 30.6 Å². The summed E-state index contributed by atoms with van der Waals surface area (Å²) in [5, 5.41) is 4.96. The number of rotatable bonds is 4. The quantitative estimate of drug-likeness (QED) is 0.685. The molecule has 0 saturated heterocycles. The van der Waals surface area contributed by atoms with Crippen LogP contribution < -0.4 is 11.1 Å². The number of carbonyl (C=O) groups excluding carboxylic acids is 2. The number of nitrogens with one attached hydrogen (secondary N) is 2. The molecule has 0 spiro atoms. The largest absolute Gasteiger partial charge is 0.469 e. The summed E-state index contributed by atoms with van der Waals surface area (Å²) in [6, 6.07) is 3.22. The van der Waals surface area contributed by atoms with Crippen molar-refractivity contribution in [2.45, 2.75) is 6.92 Å². The van der Waals surface area contributed by atoms with Crippen LogP contribution in [-0.4, -0.2) is 21.8 Å². The van der Waals surface area contributed by atoms with Gasteiger partial charge in [-0.05, 0) is 19.1 Å². The molecule has 0 aliphatic carbocycles. The van der Waals surface area contributed by atoms with E-state index < -0.39 is 5.91 Å². The van der Waals surface area contributed by atoms with E-state index in [9.17, 15) is 9.59 Å². The first kappa shape index (κ1) is 14.1. The molecule has 0 bridgehead atoms. The number of primary amides is 1. The molecule has 0 atom stereocenters. The number of nitrogens with two attached hydrogens (primary N) is 1. The number of aromatic nitrogens is 2. The number of H-pyrrole nitrogens is 1. The topological polar surface area (TPSA) is 114 Å². The van der Waals surface area contributed by atoms with E-state index in [1.165, 1.54) is 17.6 Å². The smallest absolute Gasteiger partial charge is 0.265 e. The second-order valence-corrected chi connectivity index (χ2v) is 5.41. The second-order valence-electron chi connectivity index (χ2n) is 4.55. The number of hydrogen-bond acceptors (Lipinski definition) is 5. The minimum absolute atomic E-state index is 0.279. The number of amides is 2. The SMILES string of the molecule is Cc1occc1C(=O)Nc1nc(-c2c[nH]c(C(N)=O)c2)cs1. The van der Waals surface area contributed by atoms with Gasteiger partial charge in [-0.1, -0.05) is 0 Å². The number of nitrogens with zero attached hydrogens (tertiary/aromatic N) is 1. The summed E-state index contributed by atoms with van der Waals surface area (Å²) in [6.45, 7) is 1.72. The maximum Gasteiger partial charge on any atom is 0.265 e. The first-order valence-corrected chi connectivity index (χ1v) is 7.22. The van der Waals surface area contributed by atoms with Gasteiger partial charge in [-0.15, -0.1) is 11.3 Å². The molecule has 7 nitrogen and oxygen atoms in total. The van der Waals surface area contributed by atoms with Gasteiger partial charge in [0.05, 0.1) is 17.5 Å². The van der Waals surface area contributed by atoms with Gasteiger partial charge in [-0.3, -0.25) is 14.9 Å². The van der Waals surface area contributed by atoms with Crippen LogP contribution in [0.2, 0.25) is 0 Å². The van der Waals surface area contributed by atoms with E-state index in [4.69, 9.17) is 10.2 Å². The molecule has 0 unspecified atom stereocenters. The van der Waals surface area contributed by atoms with Crippen molar-refractivity contribution in [3.63, 3.8) is 0 Å². The van der Waals surface area contributed by atoms with Gasteiger partial charge in [-0.2, -0.15) is 0 Å². The Hall–Kier alpha value is -2.87. The Bertz CT molecular complexity index is 846. The van der Waals surface area contributed by atoms with Crippen LogP contribution in [0.5, 0.6) is 0 Å². The van der Waals surface area contributed by atoms with Crippen molar-refractivity contribution in [1.29, 1.82) is 0 Å². The van der Waals surface area contributed by atoms with Crippen LogP contribution in [0.1, 0.15) is 26.6 Å². The molecule has 22 heavy (non-hydrogen) atoms. The van der Waals surface area contributed by atoms with Crippen LogP contribution in [0, 0.1) is 6.92 Å². The Kier molecular flexibility index (Phi) is 3.51. The highest BCUT2D eigenvalue weighted by molar-refractivity contribution is 7.14. The molecular weight excluding hydrogens is 304 g/mol. The lowest BCUT2D eigenvalue weighted by molar-refractivity contribution is 0.0993. The van der Waals surface area contributed by atoms with Crippen LogP contribution >= 0.6 is 11.3 Å². The van der Waals surface area contributed by atoms with Gasteiger partial charge < -0.3 is 15.1 Å². The molecule has 0 aliphatic heterocycles. The average Bonchev–Trinajstić information content (AvgIpc) is 3.16. The van der Waals surface area contributed by atoms with Crippen molar-refractivity contribution in [3.8, 4) is 11.3 Å². The van der Waals surface area contributed by atoms with Gasteiger partial charge in [0, 0.05) is 17.1 Å². The molecule has 3 heterocycles. The number of hydrogen-bond donors (Lipinski definition) is 3. The molecule has 4 N–H and O–H groups in total. The first-order valence-electron chi connectivity index (χ1n) is 6.34. The third-order valence-electron chi connectivity index (χ3n) is 3.07. The van der Waals surface area contributed by atoms with Crippen molar-refractivity contribution < 1.29 is 14.0 Å². The second kappa shape index (κ2) is 5.49. The summed E-state index contributed by atoms with van der Waals surface area (Å²) in [4.78, 5) is 30.2. The molecule has 2 amide bonds. The standard InChI is InChI=1S/C14H12N4O3S/c1-7-9(2-3-21-7)13(20)18-14-17-11(6-22-14)8-4-10(12(15)19)16-5-8/h2-6,16H,1H3,(H2,15,19)(H,17,18,20).